The molecule has 1 aromatic heterocycles. The highest BCUT2D eigenvalue weighted by Crippen LogP contribution is 2.26. The van der Waals surface area contributed by atoms with Crippen molar-refractivity contribution in [2.45, 2.75) is 13.8 Å². The first kappa shape index (κ1) is 11.7. The maximum absolute atomic E-state index is 11.3. The minimum absolute atomic E-state index is 0.255. The zero-order valence-electron chi connectivity index (χ0n) is 10.8. The Morgan fingerprint density at radius 2 is 1.84 bits per heavy atom. The molecule has 0 amide bonds. The van der Waals surface area contributed by atoms with Gasteiger partial charge >= 0.3 is 5.97 Å². The highest BCUT2D eigenvalue weighted by atomic mass is 16.4. The van der Waals surface area contributed by atoms with Crippen molar-refractivity contribution in [2.75, 3.05) is 0 Å². The van der Waals surface area contributed by atoms with Crippen molar-refractivity contribution in [3.63, 3.8) is 0 Å². The molecule has 94 valence electrons. The molecule has 0 saturated heterocycles. The minimum atomic E-state index is -0.939. The average molecular weight is 251 g/mol. The van der Waals surface area contributed by atoms with Crippen LogP contribution < -0.4 is 0 Å². The number of carboxylic acid groups (broad SMARTS) is 1. The van der Waals surface area contributed by atoms with Gasteiger partial charge in [-0.05, 0) is 37.1 Å². The molecule has 0 radical (unpaired) electrons. The number of para-hydroxylation sites is 1. The Morgan fingerprint density at radius 1 is 1.05 bits per heavy atom. The number of aromatic nitrogens is 1. The summed E-state index contributed by atoms with van der Waals surface area (Å²) in [5, 5.41) is 11.2. The van der Waals surface area contributed by atoms with E-state index < -0.39 is 5.97 Å². The van der Waals surface area contributed by atoms with Gasteiger partial charge in [0.25, 0.3) is 0 Å². The van der Waals surface area contributed by atoms with Crippen LogP contribution in [0.15, 0.2) is 36.4 Å². The summed E-state index contributed by atoms with van der Waals surface area (Å²) in [4.78, 5) is 15.9. The van der Waals surface area contributed by atoms with Crippen LogP contribution in [0.3, 0.4) is 0 Å². The molecule has 19 heavy (non-hydrogen) atoms. The van der Waals surface area contributed by atoms with Crippen LogP contribution in [0.1, 0.15) is 21.5 Å². The number of nitrogens with zero attached hydrogens (tertiary/aromatic N) is 1. The number of carboxylic acids is 1. The molecule has 3 rings (SSSR count). The van der Waals surface area contributed by atoms with Gasteiger partial charge in [0.15, 0.2) is 0 Å². The number of aryl methyl sites for hydroxylation is 2. The molecule has 0 spiro atoms. The molecule has 0 saturated carbocycles. The first-order valence-electron chi connectivity index (χ1n) is 6.11. The highest BCUT2D eigenvalue weighted by molar-refractivity contribution is 6.06. The molecular weight excluding hydrogens is 238 g/mol. The first-order valence-corrected chi connectivity index (χ1v) is 6.11. The summed E-state index contributed by atoms with van der Waals surface area (Å²) in [5.41, 5.74) is 3.77. The molecule has 0 aliphatic rings. The van der Waals surface area contributed by atoms with E-state index >= 15 is 0 Å². The van der Waals surface area contributed by atoms with Gasteiger partial charge in [-0.3, -0.25) is 0 Å². The Kier molecular flexibility index (Phi) is 2.49. The zero-order chi connectivity index (χ0) is 13.6. The second-order valence-electron chi connectivity index (χ2n) is 4.77. The van der Waals surface area contributed by atoms with Crippen molar-refractivity contribution in [3.8, 4) is 0 Å². The summed E-state index contributed by atoms with van der Waals surface area (Å²) in [6.07, 6.45) is 0. The molecule has 3 aromatic rings. The van der Waals surface area contributed by atoms with Crippen molar-refractivity contribution < 1.29 is 9.90 Å². The Labute approximate surface area is 110 Å². The van der Waals surface area contributed by atoms with Crippen LogP contribution >= 0.6 is 0 Å². The molecule has 1 heterocycles. The van der Waals surface area contributed by atoms with Gasteiger partial charge in [0.05, 0.1) is 16.6 Å². The van der Waals surface area contributed by atoms with Crippen molar-refractivity contribution in [1.29, 1.82) is 0 Å². The van der Waals surface area contributed by atoms with Gasteiger partial charge in [0.1, 0.15) is 0 Å². The summed E-state index contributed by atoms with van der Waals surface area (Å²) in [7, 11) is 0. The van der Waals surface area contributed by atoms with E-state index in [0.29, 0.717) is 5.52 Å². The Morgan fingerprint density at radius 3 is 2.58 bits per heavy atom. The Hall–Kier alpha value is -2.42. The van der Waals surface area contributed by atoms with Crippen LogP contribution in [0.5, 0.6) is 0 Å². The van der Waals surface area contributed by atoms with E-state index in [1.165, 1.54) is 0 Å². The van der Waals surface area contributed by atoms with E-state index in [1.807, 2.05) is 44.2 Å². The fourth-order valence-corrected chi connectivity index (χ4v) is 2.40. The number of hydrogen-bond acceptors (Lipinski definition) is 2. The van der Waals surface area contributed by atoms with Gasteiger partial charge in [-0.1, -0.05) is 24.3 Å². The van der Waals surface area contributed by atoms with E-state index in [-0.39, 0.29) is 5.56 Å². The fourth-order valence-electron chi connectivity index (χ4n) is 2.40. The van der Waals surface area contributed by atoms with E-state index in [1.54, 1.807) is 6.07 Å². The SMILES string of the molecule is Cc1ccc(C(=O)O)c2nc3c(C)cccc3cc12. The number of carbonyl (C=O) groups is 1. The maximum atomic E-state index is 11.3. The van der Waals surface area contributed by atoms with Gasteiger partial charge < -0.3 is 5.11 Å². The van der Waals surface area contributed by atoms with E-state index in [2.05, 4.69) is 4.98 Å². The summed E-state index contributed by atoms with van der Waals surface area (Å²) < 4.78 is 0. The predicted octanol–water partition coefficient (Wildman–Crippen LogP) is 3.70. The lowest BCUT2D eigenvalue weighted by Crippen LogP contribution is -2.00. The summed E-state index contributed by atoms with van der Waals surface area (Å²) in [6, 6.07) is 11.4. The zero-order valence-corrected chi connectivity index (χ0v) is 10.8. The molecule has 0 fully saturated rings. The number of hydrogen-bond donors (Lipinski definition) is 1. The van der Waals surface area contributed by atoms with Crippen molar-refractivity contribution in [3.05, 3.63) is 53.1 Å². The molecule has 0 aliphatic carbocycles. The normalized spacial score (nSPS) is 11.1. The number of pyridine rings is 1. The lowest BCUT2D eigenvalue weighted by atomic mass is 10.0. The van der Waals surface area contributed by atoms with Gasteiger partial charge in [0, 0.05) is 10.8 Å². The number of rotatable bonds is 1. The molecule has 0 aliphatic heterocycles. The number of fused-ring (bicyclic) bond motifs is 2. The standard InChI is InChI=1S/C16H13NO2/c1-9-6-7-12(16(18)19)15-13(9)8-11-5-3-4-10(2)14(11)17-15/h3-8H,1-2H3,(H,18,19). The smallest absolute Gasteiger partial charge is 0.337 e. The van der Waals surface area contributed by atoms with Crippen molar-refractivity contribution >= 4 is 27.8 Å². The van der Waals surface area contributed by atoms with Crippen LogP contribution in [0.4, 0.5) is 0 Å². The third-order valence-corrected chi connectivity index (χ3v) is 3.46. The molecule has 1 N–H and O–H groups in total. The van der Waals surface area contributed by atoms with Gasteiger partial charge in [0.2, 0.25) is 0 Å². The van der Waals surface area contributed by atoms with Crippen LogP contribution in [0, 0.1) is 13.8 Å². The van der Waals surface area contributed by atoms with E-state index in [9.17, 15) is 9.90 Å². The molecule has 0 bridgehead atoms. The van der Waals surface area contributed by atoms with Gasteiger partial charge in [-0.2, -0.15) is 0 Å². The van der Waals surface area contributed by atoms with Crippen molar-refractivity contribution in [1.82, 2.24) is 4.98 Å². The summed E-state index contributed by atoms with van der Waals surface area (Å²) >= 11 is 0. The molecular formula is C16H13NO2. The predicted molar refractivity (Wildman–Crippen MR) is 75.7 cm³/mol. The number of aromatic carboxylic acids is 1. The van der Waals surface area contributed by atoms with Crippen LogP contribution in [-0.4, -0.2) is 16.1 Å². The molecule has 0 unspecified atom stereocenters. The van der Waals surface area contributed by atoms with Crippen LogP contribution in [0.25, 0.3) is 21.8 Å². The van der Waals surface area contributed by atoms with E-state index in [4.69, 9.17) is 0 Å². The second-order valence-corrected chi connectivity index (χ2v) is 4.77. The van der Waals surface area contributed by atoms with Crippen LogP contribution in [-0.2, 0) is 0 Å². The quantitative estimate of drug-likeness (QED) is 0.671. The lowest BCUT2D eigenvalue weighted by molar-refractivity contribution is 0.0699. The first-order chi connectivity index (χ1) is 9.08. The largest absolute Gasteiger partial charge is 0.478 e. The molecule has 3 nitrogen and oxygen atoms in total. The fraction of sp³-hybridized carbons (Fsp3) is 0.125. The third kappa shape index (κ3) is 1.74. The minimum Gasteiger partial charge on any atom is -0.478 e. The van der Waals surface area contributed by atoms with Crippen molar-refractivity contribution in [2.24, 2.45) is 0 Å². The average Bonchev–Trinajstić information content (AvgIpc) is 2.38. The summed E-state index contributed by atoms with van der Waals surface area (Å²) in [5.74, 6) is -0.939. The topological polar surface area (TPSA) is 50.2 Å². The van der Waals surface area contributed by atoms with Gasteiger partial charge in [-0.15, -0.1) is 0 Å². The third-order valence-electron chi connectivity index (χ3n) is 3.46. The van der Waals surface area contributed by atoms with Gasteiger partial charge in [-0.25, -0.2) is 9.78 Å². The molecule has 2 aromatic carbocycles. The molecule has 3 heteroatoms. The number of benzene rings is 2. The second kappa shape index (κ2) is 4.05. The highest BCUT2D eigenvalue weighted by Gasteiger charge is 2.12. The monoisotopic (exact) mass is 251 g/mol. The Balaban J connectivity index is 2.54. The maximum Gasteiger partial charge on any atom is 0.337 e. The molecule has 0 atom stereocenters. The summed E-state index contributed by atoms with van der Waals surface area (Å²) in [6.45, 7) is 3.95. The van der Waals surface area contributed by atoms with Crippen LogP contribution in [0.2, 0.25) is 0 Å². The Bertz CT molecular complexity index is 822. The van der Waals surface area contributed by atoms with E-state index in [0.717, 1.165) is 27.4 Å². The lowest BCUT2D eigenvalue weighted by Gasteiger charge is -2.08.